The first-order chi connectivity index (χ1) is 14.8. The topological polar surface area (TPSA) is 113 Å². The van der Waals surface area contributed by atoms with E-state index in [4.69, 9.17) is 10.5 Å². The fourth-order valence-corrected chi connectivity index (χ4v) is 3.05. The SMILES string of the molecule is CCn1c(=O)c(C(=O)COC(=O)c2ccc(F)cc2)c(N)n(Cc2ccccc2)c1=O. The molecule has 9 heteroatoms. The summed E-state index contributed by atoms with van der Waals surface area (Å²) in [4.78, 5) is 50.2. The first kappa shape index (κ1) is 21.7. The van der Waals surface area contributed by atoms with E-state index in [1.165, 1.54) is 12.1 Å². The molecule has 2 aromatic carbocycles. The fraction of sp³-hybridized carbons (Fsp3) is 0.182. The van der Waals surface area contributed by atoms with Crippen LogP contribution in [0, 0.1) is 5.82 Å². The summed E-state index contributed by atoms with van der Waals surface area (Å²) in [5, 5.41) is 0. The van der Waals surface area contributed by atoms with E-state index in [1.807, 2.05) is 6.07 Å². The van der Waals surface area contributed by atoms with Crippen molar-refractivity contribution in [2.75, 3.05) is 12.3 Å². The first-order valence-corrected chi connectivity index (χ1v) is 9.46. The molecule has 0 unspecified atom stereocenters. The van der Waals surface area contributed by atoms with E-state index in [9.17, 15) is 23.6 Å². The van der Waals surface area contributed by atoms with Gasteiger partial charge in [-0.15, -0.1) is 0 Å². The number of Topliss-reactive ketones (excluding diaryl/α,β-unsaturated/α-hetero) is 1. The average Bonchev–Trinajstić information content (AvgIpc) is 2.76. The van der Waals surface area contributed by atoms with Gasteiger partial charge in [-0.25, -0.2) is 14.0 Å². The third kappa shape index (κ3) is 4.61. The van der Waals surface area contributed by atoms with Crippen LogP contribution >= 0.6 is 0 Å². The monoisotopic (exact) mass is 425 g/mol. The van der Waals surface area contributed by atoms with Gasteiger partial charge in [0.2, 0.25) is 5.78 Å². The lowest BCUT2D eigenvalue weighted by atomic mass is 10.1. The second-order valence-corrected chi connectivity index (χ2v) is 6.67. The molecule has 0 saturated carbocycles. The van der Waals surface area contributed by atoms with E-state index >= 15 is 0 Å². The maximum atomic E-state index is 13.0. The number of ether oxygens (including phenoxy) is 1. The molecule has 1 heterocycles. The number of halogens is 1. The van der Waals surface area contributed by atoms with Crippen LogP contribution in [0.2, 0.25) is 0 Å². The maximum absolute atomic E-state index is 13.0. The van der Waals surface area contributed by atoms with Crippen LogP contribution < -0.4 is 17.0 Å². The Kier molecular flexibility index (Phi) is 6.44. The predicted octanol–water partition coefficient (Wildman–Crippen LogP) is 1.84. The number of carbonyl (C=O) groups excluding carboxylic acids is 2. The van der Waals surface area contributed by atoms with Crippen LogP contribution in [0.1, 0.15) is 33.2 Å². The lowest BCUT2D eigenvalue weighted by molar-refractivity contribution is 0.0474. The number of ketones is 1. The van der Waals surface area contributed by atoms with Gasteiger partial charge >= 0.3 is 11.7 Å². The Morgan fingerprint density at radius 3 is 2.26 bits per heavy atom. The van der Waals surface area contributed by atoms with E-state index in [0.29, 0.717) is 0 Å². The van der Waals surface area contributed by atoms with Crippen molar-refractivity contribution in [2.45, 2.75) is 20.0 Å². The Labute approximate surface area is 176 Å². The minimum atomic E-state index is -0.861. The zero-order valence-electron chi connectivity index (χ0n) is 16.7. The third-order valence-corrected chi connectivity index (χ3v) is 4.66. The number of hydrogen-bond acceptors (Lipinski definition) is 6. The summed E-state index contributed by atoms with van der Waals surface area (Å²) in [7, 11) is 0. The molecule has 0 aliphatic heterocycles. The van der Waals surface area contributed by atoms with E-state index in [-0.39, 0.29) is 24.5 Å². The highest BCUT2D eigenvalue weighted by atomic mass is 19.1. The Balaban J connectivity index is 1.92. The van der Waals surface area contributed by atoms with Gasteiger partial charge in [-0.3, -0.25) is 18.7 Å². The predicted molar refractivity (Wildman–Crippen MR) is 112 cm³/mol. The van der Waals surface area contributed by atoms with Gasteiger partial charge in [0.15, 0.2) is 6.61 Å². The van der Waals surface area contributed by atoms with Crippen LogP contribution in [0.15, 0.2) is 64.2 Å². The van der Waals surface area contributed by atoms with Crippen LogP contribution in [0.4, 0.5) is 10.2 Å². The summed E-state index contributed by atoms with van der Waals surface area (Å²) in [6, 6.07) is 13.5. The standard InChI is InChI=1S/C22H20FN3O5/c1-2-25-20(28)18(17(27)13-31-21(29)15-8-10-16(23)11-9-15)19(24)26(22(25)30)12-14-6-4-3-5-7-14/h3-11H,2,12-13,24H2,1H3. The second-order valence-electron chi connectivity index (χ2n) is 6.67. The van der Waals surface area contributed by atoms with Crippen LogP contribution in [-0.2, 0) is 17.8 Å². The van der Waals surface area contributed by atoms with E-state index in [1.54, 1.807) is 31.2 Å². The van der Waals surface area contributed by atoms with Crippen molar-refractivity contribution in [1.29, 1.82) is 0 Å². The maximum Gasteiger partial charge on any atom is 0.338 e. The molecule has 0 aliphatic rings. The van der Waals surface area contributed by atoms with E-state index in [0.717, 1.165) is 26.8 Å². The first-order valence-electron chi connectivity index (χ1n) is 9.46. The number of hydrogen-bond donors (Lipinski definition) is 1. The summed E-state index contributed by atoms with van der Waals surface area (Å²) >= 11 is 0. The van der Waals surface area contributed by atoms with Gasteiger partial charge in [0, 0.05) is 6.54 Å². The Bertz CT molecular complexity index is 1230. The zero-order valence-corrected chi connectivity index (χ0v) is 16.7. The molecular formula is C22H20FN3O5. The van der Waals surface area contributed by atoms with Crippen molar-refractivity contribution >= 4 is 17.6 Å². The number of nitrogens with two attached hydrogens (primary N) is 1. The van der Waals surface area contributed by atoms with Crippen molar-refractivity contribution in [2.24, 2.45) is 0 Å². The highest BCUT2D eigenvalue weighted by molar-refractivity contribution is 6.02. The van der Waals surface area contributed by atoms with Crippen molar-refractivity contribution in [3.8, 4) is 0 Å². The summed E-state index contributed by atoms with van der Waals surface area (Å²) in [6.45, 7) is 0.918. The Hall–Kier alpha value is -4.01. The molecule has 1 aromatic heterocycles. The molecule has 0 saturated heterocycles. The average molecular weight is 425 g/mol. The van der Waals surface area contributed by atoms with Crippen LogP contribution in [-0.4, -0.2) is 27.5 Å². The fourth-order valence-electron chi connectivity index (χ4n) is 3.05. The molecule has 3 rings (SSSR count). The van der Waals surface area contributed by atoms with E-state index < -0.39 is 41.0 Å². The number of esters is 1. The van der Waals surface area contributed by atoms with Crippen molar-refractivity contribution < 1.29 is 18.7 Å². The number of benzene rings is 2. The molecule has 3 aromatic rings. The highest BCUT2D eigenvalue weighted by Crippen LogP contribution is 2.11. The van der Waals surface area contributed by atoms with Crippen molar-refractivity contribution in [1.82, 2.24) is 9.13 Å². The minimum absolute atomic E-state index is 0.0301. The molecular weight excluding hydrogens is 405 g/mol. The number of anilines is 1. The lowest BCUT2D eigenvalue weighted by Crippen LogP contribution is -2.44. The molecule has 0 atom stereocenters. The quantitative estimate of drug-likeness (QED) is 0.457. The minimum Gasteiger partial charge on any atom is -0.454 e. The summed E-state index contributed by atoms with van der Waals surface area (Å²) in [5.74, 6) is -2.53. The highest BCUT2D eigenvalue weighted by Gasteiger charge is 2.23. The number of carbonyl (C=O) groups is 2. The number of rotatable bonds is 7. The molecule has 31 heavy (non-hydrogen) atoms. The van der Waals surface area contributed by atoms with Crippen LogP contribution in [0.25, 0.3) is 0 Å². The molecule has 2 N–H and O–H groups in total. The van der Waals surface area contributed by atoms with Gasteiger partial charge in [-0.2, -0.15) is 0 Å². The third-order valence-electron chi connectivity index (χ3n) is 4.66. The normalized spacial score (nSPS) is 10.6. The van der Waals surface area contributed by atoms with Gasteiger partial charge in [0.05, 0.1) is 12.1 Å². The molecule has 0 fully saturated rings. The molecule has 0 aliphatic carbocycles. The summed E-state index contributed by atoms with van der Waals surface area (Å²) in [5.41, 5.74) is 4.91. The van der Waals surface area contributed by atoms with Crippen molar-refractivity contribution in [3.05, 3.63) is 97.9 Å². The number of nitrogens with zero attached hydrogens (tertiary/aromatic N) is 2. The summed E-state index contributed by atoms with van der Waals surface area (Å²) < 4.78 is 20.0. The largest absolute Gasteiger partial charge is 0.454 e. The second kappa shape index (κ2) is 9.21. The van der Waals surface area contributed by atoms with Gasteiger partial charge in [-0.05, 0) is 36.8 Å². The number of nitrogen functional groups attached to an aromatic ring is 1. The molecule has 8 nitrogen and oxygen atoms in total. The molecule has 0 amide bonds. The molecule has 160 valence electrons. The van der Waals surface area contributed by atoms with Gasteiger partial charge in [0.1, 0.15) is 17.2 Å². The molecule has 0 radical (unpaired) electrons. The lowest BCUT2D eigenvalue weighted by Gasteiger charge is -2.16. The van der Waals surface area contributed by atoms with Gasteiger partial charge < -0.3 is 10.5 Å². The molecule has 0 spiro atoms. The van der Waals surface area contributed by atoms with Crippen LogP contribution in [0.5, 0.6) is 0 Å². The Morgan fingerprint density at radius 2 is 1.65 bits per heavy atom. The smallest absolute Gasteiger partial charge is 0.338 e. The van der Waals surface area contributed by atoms with E-state index in [2.05, 4.69) is 0 Å². The molecule has 0 bridgehead atoms. The van der Waals surface area contributed by atoms with Crippen LogP contribution in [0.3, 0.4) is 0 Å². The van der Waals surface area contributed by atoms with Crippen molar-refractivity contribution in [3.63, 3.8) is 0 Å². The Morgan fingerprint density at radius 1 is 1.00 bits per heavy atom. The van der Waals surface area contributed by atoms with Gasteiger partial charge in [0.25, 0.3) is 5.56 Å². The zero-order chi connectivity index (χ0) is 22.5. The number of aromatic nitrogens is 2. The van der Waals surface area contributed by atoms with Gasteiger partial charge in [-0.1, -0.05) is 30.3 Å². The summed E-state index contributed by atoms with van der Waals surface area (Å²) in [6.07, 6.45) is 0.